The molecular formula is C21H24FN3O2. The number of anilines is 1. The first-order valence-electron chi connectivity index (χ1n) is 9.25. The molecule has 3 rings (SSSR count). The fourth-order valence-corrected chi connectivity index (χ4v) is 3.23. The van der Waals surface area contributed by atoms with Gasteiger partial charge in [-0.2, -0.15) is 0 Å². The Hall–Kier alpha value is -2.89. The van der Waals surface area contributed by atoms with E-state index >= 15 is 0 Å². The lowest BCUT2D eigenvalue weighted by Gasteiger charge is -2.32. The SMILES string of the molecule is O=C(NCCc1ccccc1)C1CCCN(C(=O)Nc2ccc(F)cc2)C1. The number of carbonyl (C=O) groups excluding carboxylic acids is 2. The van der Waals surface area contributed by atoms with Crippen LogP contribution >= 0.6 is 0 Å². The zero-order valence-corrected chi connectivity index (χ0v) is 15.2. The fraction of sp³-hybridized carbons (Fsp3) is 0.333. The van der Waals surface area contributed by atoms with Crippen LogP contribution in [0.1, 0.15) is 18.4 Å². The minimum Gasteiger partial charge on any atom is -0.355 e. The number of hydrogen-bond acceptors (Lipinski definition) is 2. The minimum atomic E-state index is -0.349. The number of likely N-dealkylation sites (tertiary alicyclic amines) is 1. The number of nitrogens with zero attached hydrogens (tertiary/aromatic N) is 1. The van der Waals surface area contributed by atoms with Crippen molar-refractivity contribution in [2.45, 2.75) is 19.3 Å². The molecule has 0 aromatic heterocycles. The average Bonchev–Trinajstić information content (AvgIpc) is 2.70. The van der Waals surface area contributed by atoms with Crippen molar-refractivity contribution in [1.29, 1.82) is 0 Å². The Balaban J connectivity index is 1.47. The summed E-state index contributed by atoms with van der Waals surface area (Å²) in [6.07, 6.45) is 2.35. The molecule has 142 valence electrons. The third-order valence-electron chi connectivity index (χ3n) is 4.73. The second-order valence-corrected chi connectivity index (χ2v) is 6.75. The summed E-state index contributed by atoms with van der Waals surface area (Å²) in [5, 5.41) is 5.73. The lowest BCUT2D eigenvalue weighted by molar-refractivity contribution is -0.126. The van der Waals surface area contributed by atoms with Gasteiger partial charge in [0.15, 0.2) is 0 Å². The second kappa shape index (κ2) is 9.16. The monoisotopic (exact) mass is 369 g/mol. The standard InChI is InChI=1S/C21H24FN3O2/c22-18-8-10-19(11-9-18)24-21(27)25-14-4-7-17(15-25)20(26)23-13-12-16-5-2-1-3-6-16/h1-3,5-6,8-11,17H,4,7,12-15H2,(H,23,26)(H,24,27). The van der Waals surface area contributed by atoms with Crippen LogP contribution in [0.5, 0.6) is 0 Å². The molecule has 0 spiro atoms. The highest BCUT2D eigenvalue weighted by atomic mass is 19.1. The molecule has 1 saturated heterocycles. The molecular weight excluding hydrogens is 345 g/mol. The van der Waals surface area contributed by atoms with E-state index in [0.29, 0.717) is 25.3 Å². The summed E-state index contributed by atoms with van der Waals surface area (Å²) in [5.41, 5.74) is 1.72. The quantitative estimate of drug-likeness (QED) is 0.848. The van der Waals surface area contributed by atoms with Gasteiger partial charge in [0.05, 0.1) is 5.92 Å². The average molecular weight is 369 g/mol. The van der Waals surface area contributed by atoms with E-state index in [1.54, 1.807) is 4.90 Å². The van der Waals surface area contributed by atoms with Crippen LogP contribution in [0.4, 0.5) is 14.9 Å². The van der Waals surface area contributed by atoms with Crippen LogP contribution in [-0.4, -0.2) is 36.5 Å². The van der Waals surface area contributed by atoms with E-state index in [9.17, 15) is 14.0 Å². The maximum absolute atomic E-state index is 13.0. The Morgan fingerprint density at radius 3 is 2.56 bits per heavy atom. The van der Waals surface area contributed by atoms with Gasteiger partial charge in [-0.05, 0) is 49.1 Å². The van der Waals surface area contributed by atoms with Crippen LogP contribution in [0, 0.1) is 11.7 Å². The highest BCUT2D eigenvalue weighted by Gasteiger charge is 2.28. The van der Waals surface area contributed by atoms with Crippen LogP contribution in [-0.2, 0) is 11.2 Å². The summed E-state index contributed by atoms with van der Waals surface area (Å²) in [6.45, 7) is 1.59. The lowest BCUT2D eigenvalue weighted by atomic mass is 9.97. The maximum Gasteiger partial charge on any atom is 0.321 e. The molecule has 2 aromatic carbocycles. The summed E-state index contributed by atoms with van der Waals surface area (Å²) in [4.78, 5) is 26.5. The molecule has 0 aliphatic carbocycles. The third kappa shape index (κ3) is 5.54. The number of nitrogens with one attached hydrogen (secondary N) is 2. The van der Waals surface area contributed by atoms with Crippen molar-refractivity contribution < 1.29 is 14.0 Å². The van der Waals surface area contributed by atoms with Gasteiger partial charge in [0.25, 0.3) is 0 Å². The van der Waals surface area contributed by atoms with Gasteiger partial charge in [0.2, 0.25) is 5.91 Å². The van der Waals surface area contributed by atoms with E-state index in [0.717, 1.165) is 19.3 Å². The zero-order valence-electron chi connectivity index (χ0n) is 15.2. The summed E-state index contributed by atoms with van der Waals surface area (Å²) in [5.74, 6) is -0.558. The highest BCUT2D eigenvalue weighted by Crippen LogP contribution is 2.18. The van der Waals surface area contributed by atoms with Crippen molar-refractivity contribution in [3.63, 3.8) is 0 Å². The topological polar surface area (TPSA) is 61.4 Å². The molecule has 3 amide bonds. The summed E-state index contributed by atoms with van der Waals surface area (Å²) in [7, 11) is 0. The van der Waals surface area contributed by atoms with Crippen LogP contribution in [0.25, 0.3) is 0 Å². The molecule has 2 aromatic rings. The van der Waals surface area contributed by atoms with Crippen molar-refractivity contribution in [1.82, 2.24) is 10.2 Å². The molecule has 1 aliphatic rings. The Bertz CT molecular complexity index is 765. The number of hydrogen-bond donors (Lipinski definition) is 2. The Morgan fingerprint density at radius 1 is 1.07 bits per heavy atom. The van der Waals surface area contributed by atoms with Crippen molar-refractivity contribution in [2.24, 2.45) is 5.92 Å². The van der Waals surface area contributed by atoms with Gasteiger partial charge < -0.3 is 15.5 Å². The lowest BCUT2D eigenvalue weighted by Crippen LogP contribution is -2.47. The normalized spacial score (nSPS) is 16.6. The van der Waals surface area contributed by atoms with E-state index < -0.39 is 0 Å². The highest BCUT2D eigenvalue weighted by molar-refractivity contribution is 5.90. The van der Waals surface area contributed by atoms with E-state index in [1.165, 1.54) is 29.8 Å². The van der Waals surface area contributed by atoms with Gasteiger partial charge in [-0.15, -0.1) is 0 Å². The molecule has 0 bridgehead atoms. The van der Waals surface area contributed by atoms with Gasteiger partial charge in [0.1, 0.15) is 5.82 Å². The number of amides is 3. The Morgan fingerprint density at radius 2 is 1.81 bits per heavy atom. The van der Waals surface area contributed by atoms with Crippen molar-refractivity contribution in [2.75, 3.05) is 25.0 Å². The van der Waals surface area contributed by atoms with Crippen LogP contribution in [0.2, 0.25) is 0 Å². The Kier molecular flexibility index (Phi) is 6.41. The fourth-order valence-electron chi connectivity index (χ4n) is 3.23. The number of piperidine rings is 1. The number of rotatable bonds is 5. The molecule has 0 saturated carbocycles. The first kappa shape index (κ1) is 18.9. The van der Waals surface area contributed by atoms with E-state index in [1.807, 2.05) is 30.3 Å². The van der Waals surface area contributed by atoms with Crippen LogP contribution in [0.15, 0.2) is 54.6 Å². The van der Waals surface area contributed by atoms with E-state index in [4.69, 9.17) is 0 Å². The number of benzene rings is 2. The van der Waals surface area contributed by atoms with Gasteiger partial charge in [-0.25, -0.2) is 9.18 Å². The second-order valence-electron chi connectivity index (χ2n) is 6.75. The summed E-state index contributed by atoms with van der Waals surface area (Å²) >= 11 is 0. The van der Waals surface area contributed by atoms with Gasteiger partial charge in [0, 0.05) is 25.3 Å². The first-order valence-corrected chi connectivity index (χ1v) is 9.25. The number of halogens is 1. The summed E-state index contributed by atoms with van der Waals surface area (Å²) in [6, 6.07) is 15.4. The van der Waals surface area contributed by atoms with Crippen molar-refractivity contribution in [3.05, 3.63) is 66.0 Å². The Labute approximate surface area is 158 Å². The van der Waals surface area contributed by atoms with Gasteiger partial charge in [-0.1, -0.05) is 30.3 Å². The van der Waals surface area contributed by atoms with E-state index in [2.05, 4.69) is 10.6 Å². The van der Waals surface area contributed by atoms with Crippen molar-refractivity contribution in [3.8, 4) is 0 Å². The number of carbonyl (C=O) groups is 2. The molecule has 1 unspecified atom stereocenters. The predicted octanol–water partition coefficient (Wildman–Crippen LogP) is 3.43. The maximum atomic E-state index is 13.0. The van der Waals surface area contributed by atoms with Gasteiger partial charge in [-0.3, -0.25) is 4.79 Å². The largest absolute Gasteiger partial charge is 0.355 e. The van der Waals surface area contributed by atoms with Crippen LogP contribution in [0.3, 0.4) is 0 Å². The zero-order chi connectivity index (χ0) is 19.1. The molecule has 1 atom stereocenters. The van der Waals surface area contributed by atoms with Crippen molar-refractivity contribution >= 4 is 17.6 Å². The smallest absolute Gasteiger partial charge is 0.321 e. The predicted molar refractivity (Wildman–Crippen MR) is 103 cm³/mol. The molecule has 27 heavy (non-hydrogen) atoms. The third-order valence-corrected chi connectivity index (χ3v) is 4.73. The molecule has 5 nitrogen and oxygen atoms in total. The minimum absolute atomic E-state index is 0.00906. The van der Waals surface area contributed by atoms with Gasteiger partial charge >= 0.3 is 6.03 Å². The molecule has 1 aliphatic heterocycles. The molecule has 2 N–H and O–H groups in total. The van der Waals surface area contributed by atoms with Crippen LogP contribution < -0.4 is 10.6 Å². The first-order chi connectivity index (χ1) is 13.1. The number of urea groups is 1. The van der Waals surface area contributed by atoms with E-state index in [-0.39, 0.29) is 23.7 Å². The molecule has 0 radical (unpaired) electrons. The summed E-state index contributed by atoms with van der Waals surface area (Å²) < 4.78 is 13.0. The molecule has 6 heteroatoms. The molecule has 1 fully saturated rings. The molecule has 1 heterocycles.